The second-order valence-electron chi connectivity index (χ2n) is 4.87. The van der Waals surface area contributed by atoms with E-state index >= 15 is 0 Å². The fourth-order valence-electron chi connectivity index (χ4n) is 2.24. The molecule has 6 nitrogen and oxygen atoms in total. The summed E-state index contributed by atoms with van der Waals surface area (Å²) in [6.45, 7) is 0.308. The highest BCUT2D eigenvalue weighted by Crippen LogP contribution is 2.25. The van der Waals surface area contributed by atoms with Crippen LogP contribution in [0.4, 0.5) is 5.69 Å². The Kier molecular flexibility index (Phi) is 4.02. The summed E-state index contributed by atoms with van der Waals surface area (Å²) in [5.41, 5.74) is 6.82. The molecule has 0 spiro atoms. The summed E-state index contributed by atoms with van der Waals surface area (Å²) in [5, 5.41) is 8.62. The zero-order chi connectivity index (χ0) is 14.7. The van der Waals surface area contributed by atoms with E-state index in [1.165, 1.54) is 4.90 Å². The number of hydrogen-bond acceptors (Lipinski definition) is 3. The number of aryl methyl sites for hydroxylation is 1. The zero-order valence-electron chi connectivity index (χ0n) is 10.9. The van der Waals surface area contributed by atoms with Crippen LogP contribution in [0.15, 0.2) is 24.3 Å². The summed E-state index contributed by atoms with van der Waals surface area (Å²) in [5.74, 6) is -1.85. The summed E-state index contributed by atoms with van der Waals surface area (Å²) in [4.78, 5) is 35.0. The van der Waals surface area contributed by atoms with Crippen molar-refractivity contribution >= 4 is 23.5 Å². The lowest BCUT2D eigenvalue weighted by Crippen LogP contribution is -2.28. The van der Waals surface area contributed by atoms with Crippen molar-refractivity contribution in [2.75, 3.05) is 11.4 Å². The van der Waals surface area contributed by atoms with Crippen molar-refractivity contribution < 1.29 is 19.5 Å². The summed E-state index contributed by atoms with van der Waals surface area (Å²) in [6, 6.07) is 7.11. The molecule has 20 heavy (non-hydrogen) atoms. The summed E-state index contributed by atoms with van der Waals surface area (Å²) in [6.07, 6.45) is 0.676. The number of carbonyl (C=O) groups excluding carboxylic acids is 2. The number of carboxylic acids is 1. The van der Waals surface area contributed by atoms with Gasteiger partial charge in [-0.05, 0) is 24.1 Å². The van der Waals surface area contributed by atoms with Gasteiger partial charge in [-0.3, -0.25) is 14.4 Å². The molecule has 0 saturated carbocycles. The van der Waals surface area contributed by atoms with Crippen LogP contribution in [0.25, 0.3) is 0 Å². The molecule has 1 heterocycles. The number of nitrogens with zero attached hydrogens (tertiary/aromatic N) is 1. The summed E-state index contributed by atoms with van der Waals surface area (Å²) in [7, 11) is 0. The van der Waals surface area contributed by atoms with Crippen LogP contribution in [-0.2, 0) is 20.8 Å². The quantitative estimate of drug-likeness (QED) is 0.819. The standard InChI is InChI=1S/C14H16N2O4/c15-14(20)10-7-12(17)16(8-10)11-4-1-9(2-5-11)3-6-13(18)19/h1-2,4-5,10H,3,6-8H2,(H2,15,20)(H,18,19). The smallest absolute Gasteiger partial charge is 0.303 e. The van der Waals surface area contributed by atoms with Gasteiger partial charge in [-0.25, -0.2) is 0 Å². The minimum atomic E-state index is -0.840. The van der Waals surface area contributed by atoms with Gasteiger partial charge in [0.05, 0.1) is 5.92 Å². The van der Waals surface area contributed by atoms with Crippen molar-refractivity contribution in [2.24, 2.45) is 11.7 Å². The van der Waals surface area contributed by atoms with Gasteiger partial charge in [0.25, 0.3) is 0 Å². The number of primary amides is 1. The molecule has 1 saturated heterocycles. The number of aliphatic carboxylic acids is 1. The minimum absolute atomic E-state index is 0.0751. The molecule has 1 aromatic rings. The lowest BCUT2D eigenvalue weighted by molar-refractivity contribution is -0.137. The number of hydrogen-bond donors (Lipinski definition) is 2. The summed E-state index contributed by atoms with van der Waals surface area (Å²) >= 11 is 0. The fraction of sp³-hybridized carbons (Fsp3) is 0.357. The van der Waals surface area contributed by atoms with Crippen LogP contribution in [0, 0.1) is 5.92 Å². The van der Waals surface area contributed by atoms with E-state index in [0.29, 0.717) is 18.7 Å². The third kappa shape index (κ3) is 3.14. The molecule has 1 atom stereocenters. The third-order valence-electron chi connectivity index (χ3n) is 3.40. The van der Waals surface area contributed by atoms with E-state index in [-0.39, 0.29) is 18.7 Å². The molecule has 1 fully saturated rings. The average Bonchev–Trinajstić information content (AvgIpc) is 2.79. The van der Waals surface area contributed by atoms with Gasteiger partial charge in [0.2, 0.25) is 11.8 Å². The molecular formula is C14H16N2O4. The van der Waals surface area contributed by atoms with E-state index in [1.807, 2.05) is 0 Å². The number of carboxylic acid groups (broad SMARTS) is 1. The molecule has 1 aliphatic rings. The van der Waals surface area contributed by atoms with E-state index in [0.717, 1.165) is 5.56 Å². The molecule has 6 heteroatoms. The highest BCUT2D eigenvalue weighted by Gasteiger charge is 2.33. The second kappa shape index (κ2) is 5.73. The van der Waals surface area contributed by atoms with Gasteiger partial charge in [0.15, 0.2) is 0 Å². The molecule has 1 unspecified atom stereocenters. The topological polar surface area (TPSA) is 101 Å². The maximum absolute atomic E-state index is 11.8. The van der Waals surface area contributed by atoms with Crippen LogP contribution in [-0.4, -0.2) is 29.4 Å². The predicted molar refractivity (Wildman–Crippen MR) is 72.1 cm³/mol. The molecule has 106 valence electrons. The third-order valence-corrected chi connectivity index (χ3v) is 3.40. The van der Waals surface area contributed by atoms with Gasteiger partial charge < -0.3 is 15.7 Å². The molecule has 2 rings (SSSR count). The number of anilines is 1. The highest BCUT2D eigenvalue weighted by molar-refractivity contribution is 6.00. The van der Waals surface area contributed by atoms with Gasteiger partial charge in [-0.1, -0.05) is 12.1 Å². The first-order valence-electron chi connectivity index (χ1n) is 6.38. The molecule has 1 aromatic carbocycles. The van der Waals surface area contributed by atoms with Gasteiger partial charge in [0.1, 0.15) is 0 Å². The predicted octanol–water partition coefficient (Wildman–Crippen LogP) is 0.542. The number of nitrogens with two attached hydrogens (primary N) is 1. The molecule has 0 aromatic heterocycles. The Bertz CT molecular complexity index is 539. The van der Waals surface area contributed by atoms with E-state index in [9.17, 15) is 14.4 Å². The first-order chi connectivity index (χ1) is 9.47. The van der Waals surface area contributed by atoms with Crippen LogP contribution < -0.4 is 10.6 Å². The van der Waals surface area contributed by atoms with Crippen LogP contribution in [0.5, 0.6) is 0 Å². The van der Waals surface area contributed by atoms with Crippen molar-refractivity contribution in [3.8, 4) is 0 Å². The molecular weight excluding hydrogens is 260 g/mol. The van der Waals surface area contributed by atoms with Crippen LogP contribution >= 0.6 is 0 Å². The molecule has 1 aliphatic heterocycles. The molecule has 0 radical (unpaired) electrons. The van der Waals surface area contributed by atoms with Crippen LogP contribution in [0.2, 0.25) is 0 Å². The Balaban J connectivity index is 2.05. The second-order valence-corrected chi connectivity index (χ2v) is 4.87. The van der Waals surface area contributed by atoms with Crippen molar-refractivity contribution in [1.82, 2.24) is 0 Å². The Morgan fingerprint density at radius 1 is 1.30 bits per heavy atom. The maximum atomic E-state index is 11.8. The number of amides is 2. The Hall–Kier alpha value is -2.37. The number of rotatable bonds is 5. The van der Waals surface area contributed by atoms with Crippen molar-refractivity contribution in [2.45, 2.75) is 19.3 Å². The van der Waals surface area contributed by atoms with E-state index in [1.54, 1.807) is 24.3 Å². The fourth-order valence-corrected chi connectivity index (χ4v) is 2.24. The first-order valence-corrected chi connectivity index (χ1v) is 6.38. The number of benzene rings is 1. The zero-order valence-corrected chi connectivity index (χ0v) is 10.9. The minimum Gasteiger partial charge on any atom is -0.481 e. The van der Waals surface area contributed by atoms with Crippen molar-refractivity contribution in [1.29, 1.82) is 0 Å². The van der Waals surface area contributed by atoms with Crippen LogP contribution in [0.1, 0.15) is 18.4 Å². The van der Waals surface area contributed by atoms with Gasteiger partial charge in [-0.15, -0.1) is 0 Å². The van der Waals surface area contributed by atoms with Gasteiger partial charge in [0, 0.05) is 25.1 Å². The lowest BCUT2D eigenvalue weighted by Gasteiger charge is -2.16. The van der Waals surface area contributed by atoms with E-state index in [4.69, 9.17) is 10.8 Å². The van der Waals surface area contributed by atoms with Crippen LogP contribution in [0.3, 0.4) is 0 Å². The lowest BCUT2D eigenvalue weighted by atomic mass is 10.1. The highest BCUT2D eigenvalue weighted by atomic mass is 16.4. The Labute approximate surface area is 116 Å². The van der Waals surface area contributed by atoms with Crippen molar-refractivity contribution in [3.63, 3.8) is 0 Å². The average molecular weight is 276 g/mol. The van der Waals surface area contributed by atoms with E-state index in [2.05, 4.69) is 0 Å². The van der Waals surface area contributed by atoms with Gasteiger partial charge >= 0.3 is 5.97 Å². The molecule has 0 aliphatic carbocycles. The maximum Gasteiger partial charge on any atom is 0.303 e. The SMILES string of the molecule is NC(=O)C1CC(=O)N(c2ccc(CCC(=O)O)cc2)C1. The Morgan fingerprint density at radius 2 is 1.95 bits per heavy atom. The molecule has 2 amide bonds. The first kappa shape index (κ1) is 14.0. The largest absolute Gasteiger partial charge is 0.481 e. The Morgan fingerprint density at radius 3 is 2.45 bits per heavy atom. The number of carbonyl (C=O) groups is 3. The molecule has 3 N–H and O–H groups in total. The monoisotopic (exact) mass is 276 g/mol. The normalized spacial score (nSPS) is 18.3. The molecule has 0 bridgehead atoms. The summed E-state index contributed by atoms with van der Waals surface area (Å²) < 4.78 is 0. The van der Waals surface area contributed by atoms with Crippen molar-refractivity contribution in [3.05, 3.63) is 29.8 Å². The van der Waals surface area contributed by atoms with Gasteiger partial charge in [-0.2, -0.15) is 0 Å². The van der Waals surface area contributed by atoms with E-state index < -0.39 is 17.8 Å².